The lowest BCUT2D eigenvalue weighted by Gasteiger charge is -2.11. The first kappa shape index (κ1) is 22.8. The fourth-order valence-corrected chi connectivity index (χ4v) is 4.27. The summed E-state index contributed by atoms with van der Waals surface area (Å²) >= 11 is 1.61. The standard InChI is InChI=1S/C22H25N7O3S/c1-4-14-8-24-22(27-20(14)19-6-5-7-33-19)29-18(12-32-3)15(9-26-29)21(31)23-10-17-16(11-30)25-13-28(17)2/h5-9,13,30H,4,10-12H2,1-3H3,(H,23,31). The van der Waals surface area contributed by atoms with E-state index >= 15 is 0 Å². The summed E-state index contributed by atoms with van der Waals surface area (Å²) in [6.07, 6.45) is 5.69. The van der Waals surface area contributed by atoms with Crippen molar-refractivity contribution < 1.29 is 14.6 Å². The van der Waals surface area contributed by atoms with Gasteiger partial charge in [-0.2, -0.15) is 9.78 Å². The van der Waals surface area contributed by atoms with Crippen molar-refractivity contribution >= 4 is 17.2 Å². The predicted octanol–water partition coefficient (Wildman–Crippen LogP) is 2.26. The molecule has 2 N–H and O–H groups in total. The van der Waals surface area contributed by atoms with Gasteiger partial charge < -0.3 is 19.7 Å². The molecule has 33 heavy (non-hydrogen) atoms. The van der Waals surface area contributed by atoms with Crippen LogP contribution < -0.4 is 5.32 Å². The predicted molar refractivity (Wildman–Crippen MR) is 123 cm³/mol. The number of amides is 1. The van der Waals surface area contributed by atoms with Gasteiger partial charge in [0.2, 0.25) is 0 Å². The number of imidazole rings is 1. The summed E-state index contributed by atoms with van der Waals surface area (Å²) < 4.78 is 8.66. The van der Waals surface area contributed by atoms with Crippen LogP contribution in [0.25, 0.3) is 16.5 Å². The van der Waals surface area contributed by atoms with E-state index in [0.717, 1.165) is 28.2 Å². The fraction of sp³-hybridized carbons (Fsp3) is 0.318. The fourth-order valence-electron chi connectivity index (χ4n) is 3.52. The van der Waals surface area contributed by atoms with E-state index in [-0.39, 0.29) is 25.7 Å². The van der Waals surface area contributed by atoms with Gasteiger partial charge in [-0.15, -0.1) is 11.3 Å². The summed E-state index contributed by atoms with van der Waals surface area (Å²) in [5, 5.41) is 18.7. The molecule has 10 nitrogen and oxygen atoms in total. The Kier molecular flexibility index (Phi) is 6.92. The molecule has 0 bridgehead atoms. The molecule has 0 fully saturated rings. The molecule has 0 radical (unpaired) electrons. The van der Waals surface area contributed by atoms with Crippen molar-refractivity contribution in [1.82, 2.24) is 34.6 Å². The molecule has 0 aliphatic carbocycles. The Morgan fingerprint density at radius 3 is 2.82 bits per heavy atom. The zero-order valence-electron chi connectivity index (χ0n) is 18.6. The summed E-state index contributed by atoms with van der Waals surface area (Å²) in [5.74, 6) is 0.0537. The summed E-state index contributed by atoms with van der Waals surface area (Å²) in [4.78, 5) is 27.4. The molecule has 0 unspecified atom stereocenters. The number of carbonyl (C=O) groups is 1. The van der Waals surface area contributed by atoms with E-state index in [9.17, 15) is 9.90 Å². The second kappa shape index (κ2) is 10.0. The Bertz CT molecular complexity index is 1250. The van der Waals surface area contributed by atoms with Crippen LogP contribution in [0.15, 0.2) is 36.2 Å². The monoisotopic (exact) mass is 467 g/mol. The van der Waals surface area contributed by atoms with Crippen molar-refractivity contribution in [2.45, 2.75) is 33.1 Å². The number of nitrogens with one attached hydrogen (secondary N) is 1. The highest BCUT2D eigenvalue weighted by Gasteiger charge is 2.21. The van der Waals surface area contributed by atoms with E-state index < -0.39 is 0 Å². The molecule has 4 aromatic rings. The second-order valence-electron chi connectivity index (χ2n) is 7.31. The molecule has 1 amide bonds. The van der Waals surface area contributed by atoms with Gasteiger partial charge >= 0.3 is 0 Å². The quantitative estimate of drug-likeness (QED) is 0.387. The van der Waals surface area contributed by atoms with E-state index in [1.807, 2.05) is 24.6 Å². The molecule has 4 rings (SSSR count). The normalized spacial score (nSPS) is 11.2. The third kappa shape index (κ3) is 4.56. The Hall–Kier alpha value is -3.41. The minimum atomic E-state index is -0.318. The van der Waals surface area contributed by atoms with Crippen molar-refractivity contribution in [2.75, 3.05) is 7.11 Å². The molecular weight excluding hydrogens is 442 g/mol. The number of hydrogen-bond donors (Lipinski definition) is 2. The van der Waals surface area contributed by atoms with E-state index in [4.69, 9.17) is 9.72 Å². The average molecular weight is 468 g/mol. The van der Waals surface area contributed by atoms with Crippen LogP contribution in [-0.2, 0) is 38.0 Å². The third-order valence-electron chi connectivity index (χ3n) is 5.28. The Balaban J connectivity index is 1.65. The smallest absolute Gasteiger partial charge is 0.255 e. The maximum atomic E-state index is 13.0. The first-order valence-electron chi connectivity index (χ1n) is 10.4. The number of aliphatic hydroxyl groups is 1. The van der Waals surface area contributed by atoms with Gasteiger partial charge in [0.15, 0.2) is 0 Å². The maximum absolute atomic E-state index is 13.0. The molecule has 0 saturated heterocycles. The topological polar surface area (TPSA) is 120 Å². The highest BCUT2D eigenvalue weighted by atomic mass is 32.1. The minimum absolute atomic E-state index is 0.156. The van der Waals surface area contributed by atoms with Crippen molar-refractivity contribution in [3.63, 3.8) is 0 Å². The zero-order chi connectivity index (χ0) is 23.4. The molecule has 0 aliphatic heterocycles. The summed E-state index contributed by atoms with van der Waals surface area (Å²) in [5.41, 5.74) is 4.06. The number of carbonyl (C=O) groups excluding carboxylic acids is 1. The summed E-state index contributed by atoms with van der Waals surface area (Å²) in [6.45, 7) is 2.24. The number of nitrogens with zero attached hydrogens (tertiary/aromatic N) is 6. The first-order chi connectivity index (χ1) is 16.1. The second-order valence-corrected chi connectivity index (χ2v) is 8.26. The highest BCUT2D eigenvalue weighted by Crippen LogP contribution is 2.27. The Labute approximate surface area is 194 Å². The number of rotatable bonds is 9. The molecule has 11 heteroatoms. The van der Waals surface area contributed by atoms with Crippen molar-refractivity contribution in [2.24, 2.45) is 7.05 Å². The molecule has 4 aromatic heterocycles. The van der Waals surface area contributed by atoms with Crippen LogP contribution in [0.5, 0.6) is 0 Å². The lowest BCUT2D eigenvalue weighted by molar-refractivity contribution is 0.0944. The zero-order valence-corrected chi connectivity index (χ0v) is 19.5. The number of ether oxygens (including phenoxy) is 1. The van der Waals surface area contributed by atoms with Gasteiger partial charge in [0.25, 0.3) is 11.9 Å². The van der Waals surface area contributed by atoms with Gasteiger partial charge in [0, 0.05) is 20.4 Å². The van der Waals surface area contributed by atoms with Gasteiger partial charge in [0.05, 0.1) is 65.5 Å². The molecule has 0 saturated carbocycles. The van der Waals surface area contributed by atoms with E-state index in [0.29, 0.717) is 22.9 Å². The number of hydrogen-bond acceptors (Lipinski definition) is 8. The van der Waals surface area contributed by atoms with Crippen LogP contribution in [-0.4, -0.2) is 47.4 Å². The van der Waals surface area contributed by atoms with Crippen LogP contribution >= 0.6 is 11.3 Å². The van der Waals surface area contributed by atoms with Gasteiger partial charge in [-0.05, 0) is 23.4 Å². The molecule has 0 atom stereocenters. The van der Waals surface area contributed by atoms with Crippen molar-refractivity contribution in [1.29, 1.82) is 0 Å². The number of thiophene rings is 1. The third-order valence-corrected chi connectivity index (χ3v) is 6.16. The Morgan fingerprint density at radius 2 is 2.12 bits per heavy atom. The molecule has 0 aromatic carbocycles. The number of methoxy groups -OCH3 is 1. The van der Waals surface area contributed by atoms with Crippen LogP contribution in [0.2, 0.25) is 0 Å². The van der Waals surface area contributed by atoms with E-state index in [2.05, 4.69) is 27.3 Å². The lowest BCUT2D eigenvalue weighted by atomic mass is 10.1. The SMILES string of the molecule is CCc1cnc(-n2ncc(C(=O)NCc3c(CO)ncn3C)c2COC)nc1-c1cccs1. The number of aliphatic hydroxyl groups excluding tert-OH is 1. The van der Waals surface area contributed by atoms with Crippen molar-refractivity contribution in [3.8, 4) is 16.5 Å². The van der Waals surface area contributed by atoms with E-state index in [1.54, 1.807) is 35.5 Å². The van der Waals surface area contributed by atoms with Crippen LogP contribution in [0.3, 0.4) is 0 Å². The number of aromatic nitrogens is 6. The van der Waals surface area contributed by atoms with Gasteiger partial charge in [-0.25, -0.2) is 15.0 Å². The van der Waals surface area contributed by atoms with E-state index in [1.165, 1.54) is 10.9 Å². The van der Waals surface area contributed by atoms with Crippen LogP contribution in [0.1, 0.15) is 39.9 Å². The average Bonchev–Trinajstić information content (AvgIpc) is 3.58. The van der Waals surface area contributed by atoms with Gasteiger partial charge in [0.1, 0.15) is 0 Å². The molecule has 0 aliphatic rings. The Morgan fingerprint density at radius 1 is 1.27 bits per heavy atom. The lowest BCUT2D eigenvalue weighted by Crippen LogP contribution is -2.25. The number of aryl methyl sites for hydroxylation is 2. The molecule has 0 spiro atoms. The van der Waals surface area contributed by atoms with Gasteiger partial charge in [-0.1, -0.05) is 13.0 Å². The molecule has 172 valence electrons. The minimum Gasteiger partial charge on any atom is -0.390 e. The first-order valence-corrected chi connectivity index (χ1v) is 11.3. The molecular formula is C22H25N7O3S. The molecule has 4 heterocycles. The largest absolute Gasteiger partial charge is 0.390 e. The van der Waals surface area contributed by atoms with Crippen LogP contribution in [0, 0.1) is 0 Å². The van der Waals surface area contributed by atoms with Crippen molar-refractivity contribution in [3.05, 3.63) is 64.4 Å². The van der Waals surface area contributed by atoms with Gasteiger partial charge in [-0.3, -0.25) is 4.79 Å². The summed E-state index contributed by atoms with van der Waals surface area (Å²) in [7, 11) is 3.37. The summed E-state index contributed by atoms with van der Waals surface area (Å²) in [6, 6.07) is 4.01. The van der Waals surface area contributed by atoms with Crippen LogP contribution in [0.4, 0.5) is 0 Å². The maximum Gasteiger partial charge on any atom is 0.255 e. The highest BCUT2D eigenvalue weighted by molar-refractivity contribution is 7.13.